The summed E-state index contributed by atoms with van der Waals surface area (Å²) < 4.78 is 25.8. The predicted octanol–water partition coefficient (Wildman–Crippen LogP) is 3.62. The second-order valence-electron chi connectivity index (χ2n) is 3.89. The molecule has 0 spiro atoms. The summed E-state index contributed by atoms with van der Waals surface area (Å²) >= 11 is 0. The Morgan fingerprint density at radius 2 is 1.63 bits per heavy atom. The maximum atomic E-state index is 12.9. The van der Waals surface area contributed by atoms with Crippen molar-refractivity contribution in [1.29, 1.82) is 0 Å². The van der Waals surface area contributed by atoms with E-state index in [1.165, 1.54) is 6.08 Å². The number of hydrogen-bond acceptors (Lipinski definition) is 1. The minimum Gasteiger partial charge on any atom is -0.322 e. The molecule has 2 rings (SSSR count). The van der Waals surface area contributed by atoms with E-state index >= 15 is 0 Å². The van der Waals surface area contributed by atoms with Gasteiger partial charge in [0.05, 0.1) is 0 Å². The average Bonchev–Trinajstić information content (AvgIpc) is 2.36. The van der Waals surface area contributed by atoms with Gasteiger partial charge in [-0.2, -0.15) is 0 Å². The molecule has 4 heteroatoms. The molecule has 0 saturated heterocycles. The first-order valence-electron chi connectivity index (χ1n) is 5.64. The van der Waals surface area contributed by atoms with Crippen molar-refractivity contribution >= 4 is 17.7 Å². The van der Waals surface area contributed by atoms with E-state index in [1.54, 1.807) is 6.08 Å². The van der Waals surface area contributed by atoms with Gasteiger partial charge in [0.2, 0.25) is 5.91 Å². The quantitative estimate of drug-likeness (QED) is 0.838. The average molecular weight is 259 g/mol. The Balaban J connectivity index is 2.03. The molecule has 2 aromatic carbocycles. The largest absolute Gasteiger partial charge is 0.322 e. The molecule has 0 unspecified atom stereocenters. The van der Waals surface area contributed by atoms with E-state index in [9.17, 15) is 13.6 Å². The van der Waals surface area contributed by atoms with Crippen LogP contribution in [0.5, 0.6) is 0 Å². The van der Waals surface area contributed by atoms with Gasteiger partial charge in [-0.3, -0.25) is 4.79 Å². The lowest BCUT2D eigenvalue weighted by molar-refractivity contribution is -0.111. The monoisotopic (exact) mass is 259 g/mol. The van der Waals surface area contributed by atoms with Crippen LogP contribution in [0.2, 0.25) is 0 Å². The summed E-state index contributed by atoms with van der Waals surface area (Å²) in [5.74, 6) is -1.92. The molecule has 1 N–H and O–H groups in total. The van der Waals surface area contributed by atoms with Gasteiger partial charge in [-0.25, -0.2) is 8.78 Å². The third kappa shape index (κ3) is 4.03. The van der Waals surface area contributed by atoms with Gasteiger partial charge in [-0.05, 0) is 23.8 Å². The van der Waals surface area contributed by atoms with Gasteiger partial charge in [0, 0.05) is 17.8 Å². The number of halogens is 2. The normalized spacial score (nSPS) is 10.6. The maximum absolute atomic E-state index is 12.9. The summed E-state index contributed by atoms with van der Waals surface area (Å²) in [5, 5.41) is 2.39. The highest BCUT2D eigenvalue weighted by Gasteiger charge is 2.02. The van der Waals surface area contributed by atoms with Crippen LogP contribution in [0.3, 0.4) is 0 Å². The van der Waals surface area contributed by atoms with Crippen LogP contribution in [0.15, 0.2) is 54.6 Å². The second-order valence-corrected chi connectivity index (χ2v) is 3.89. The van der Waals surface area contributed by atoms with E-state index in [4.69, 9.17) is 0 Å². The Morgan fingerprint density at radius 3 is 2.26 bits per heavy atom. The van der Waals surface area contributed by atoms with Gasteiger partial charge < -0.3 is 5.32 Å². The Bertz CT molecular complexity index is 589. The van der Waals surface area contributed by atoms with Crippen LogP contribution in [0.1, 0.15) is 5.56 Å². The van der Waals surface area contributed by atoms with Crippen molar-refractivity contribution in [3.8, 4) is 0 Å². The van der Waals surface area contributed by atoms with Crippen molar-refractivity contribution in [1.82, 2.24) is 0 Å². The number of carbonyl (C=O) groups excluding carboxylic acids is 1. The molecule has 19 heavy (non-hydrogen) atoms. The Labute approximate surface area is 109 Å². The molecule has 0 aromatic heterocycles. The zero-order chi connectivity index (χ0) is 13.7. The molecular formula is C15H11F2NO. The highest BCUT2D eigenvalue weighted by molar-refractivity contribution is 6.01. The van der Waals surface area contributed by atoms with E-state index in [-0.39, 0.29) is 5.69 Å². The minimum atomic E-state index is -0.734. The standard InChI is InChI=1S/C15H11F2NO/c16-12-8-13(17)10-14(9-12)18-15(19)7-6-11-4-2-1-3-5-11/h1-10H,(H,18,19)/b7-6+. The third-order valence-electron chi connectivity index (χ3n) is 2.36. The van der Waals surface area contributed by atoms with Gasteiger partial charge in [0.15, 0.2) is 0 Å². The number of hydrogen-bond donors (Lipinski definition) is 1. The zero-order valence-corrected chi connectivity index (χ0v) is 9.94. The van der Waals surface area contributed by atoms with Crippen molar-refractivity contribution < 1.29 is 13.6 Å². The minimum absolute atomic E-state index is 0.0835. The molecule has 0 radical (unpaired) electrons. The van der Waals surface area contributed by atoms with Crippen LogP contribution in [0, 0.1) is 11.6 Å². The van der Waals surface area contributed by atoms with E-state index in [2.05, 4.69) is 5.32 Å². The Hall–Kier alpha value is -2.49. The highest BCUT2D eigenvalue weighted by Crippen LogP contribution is 2.13. The molecule has 0 aliphatic carbocycles. The number of nitrogens with one attached hydrogen (secondary N) is 1. The molecule has 2 aromatic rings. The molecule has 2 nitrogen and oxygen atoms in total. The van der Waals surface area contributed by atoms with Crippen LogP contribution in [-0.4, -0.2) is 5.91 Å². The van der Waals surface area contributed by atoms with E-state index < -0.39 is 17.5 Å². The molecule has 0 bridgehead atoms. The second kappa shape index (κ2) is 5.91. The first-order chi connectivity index (χ1) is 9.13. The third-order valence-corrected chi connectivity index (χ3v) is 2.36. The van der Waals surface area contributed by atoms with Crippen LogP contribution >= 0.6 is 0 Å². The number of rotatable bonds is 3. The fourth-order valence-corrected chi connectivity index (χ4v) is 1.55. The van der Waals surface area contributed by atoms with Crippen molar-refractivity contribution in [2.45, 2.75) is 0 Å². The molecule has 0 fully saturated rings. The Morgan fingerprint density at radius 1 is 1.00 bits per heavy atom. The van der Waals surface area contributed by atoms with Crippen molar-refractivity contribution in [2.24, 2.45) is 0 Å². The summed E-state index contributed by atoms with van der Waals surface area (Å²) in [4.78, 5) is 11.6. The summed E-state index contributed by atoms with van der Waals surface area (Å²) in [5.41, 5.74) is 0.947. The van der Waals surface area contributed by atoms with Crippen LogP contribution < -0.4 is 5.32 Å². The molecule has 0 heterocycles. The molecular weight excluding hydrogens is 248 g/mol. The summed E-state index contributed by atoms with van der Waals surface area (Å²) in [6.07, 6.45) is 2.92. The zero-order valence-electron chi connectivity index (χ0n) is 9.94. The SMILES string of the molecule is O=C(/C=C/c1ccccc1)Nc1cc(F)cc(F)c1. The smallest absolute Gasteiger partial charge is 0.248 e. The molecule has 1 amide bonds. The van der Waals surface area contributed by atoms with Crippen LogP contribution in [0.4, 0.5) is 14.5 Å². The lowest BCUT2D eigenvalue weighted by atomic mass is 10.2. The maximum Gasteiger partial charge on any atom is 0.248 e. The predicted molar refractivity (Wildman–Crippen MR) is 70.5 cm³/mol. The van der Waals surface area contributed by atoms with Crippen molar-refractivity contribution in [2.75, 3.05) is 5.32 Å². The van der Waals surface area contributed by atoms with Gasteiger partial charge in [-0.1, -0.05) is 30.3 Å². The number of anilines is 1. The fraction of sp³-hybridized carbons (Fsp3) is 0. The van der Waals surface area contributed by atoms with E-state index in [0.29, 0.717) is 0 Å². The fourth-order valence-electron chi connectivity index (χ4n) is 1.55. The van der Waals surface area contributed by atoms with Gasteiger partial charge in [0.1, 0.15) is 11.6 Å². The number of carbonyl (C=O) groups is 1. The van der Waals surface area contributed by atoms with E-state index in [1.807, 2.05) is 30.3 Å². The number of benzene rings is 2. The molecule has 0 aliphatic rings. The molecule has 0 saturated carbocycles. The van der Waals surface area contributed by atoms with Crippen LogP contribution in [0.25, 0.3) is 6.08 Å². The van der Waals surface area contributed by atoms with Crippen LogP contribution in [-0.2, 0) is 4.79 Å². The first-order valence-corrected chi connectivity index (χ1v) is 5.64. The van der Waals surface area contributed by atoms with Crippen molar-refractivity contribution in [3.63, 3.8) is 0 Å². The van der Waals surface area contributed by atoms with Gasteiger partial charge >= 0.3 is 0 Å². The lowest BCUT2D eigenvalue weighted by Gasteiger charge is -2.02. The lowest BCUT2D eigenvalue weighted by Crippen LogP contribution is -2.08. The molecule has 0 aliphatic heterocycles. The van der Waals surface area contributed by atoms with Gasteiger partial charge in [0.25, 0.3) is 0 Å². The van der Waals surface area contributed by atoms with Crippen molar-refractivity contribution in [3.05, 3.63) is 71.8 Å². The highest BCUT2D eigenvalue weighted by atomic mass is 19.1. The number of amides is 1. The molecule has 96 valence electrons. The van der Waals surface area contributed by atoms with Gasteiger partial charge in [-0.15, -0.1) is 0 Å². The van der Waals surface area contributed by atoms with E-state index in [0.717, 1.165) is 23.8 Å². The Kier molecular flexibility index (Phi) is 4.03. The topological polar surface area (TPSA) is 29.1 Å². The molecule has 0 atom stereocenters. The summed E-state index contributed by atoms with van der Waals surface area (Å²) in [6.45, 7) is 0. The first kappa shape index (κ1) is 13.0. The summed E-state index contributed by atoms with van der Waals surface area (Å²) in [7, 11) is 0. The summed E-state index contributed by atoms with van der Waals surface area (Å²) in [6, 6.07) is 12.1.